The first kappa shape index (κ1) is 28.0. The Balaban J connectivity index is 1.53. The summed E-state index contributed by atoms with van der Waals surface area (Å²) in [6, 6.07) is 6.83. The molecule has 2 aromatic rings. The molecular weight excluding hydrogens is 492 g/mol. The molecule has 1 atom stereocenters. The van der Waals surface area contributed by atoms with Crippen LogP contribution in [-0.4, -0.2) is 59.0 Å². The summed E-state index contributed by atoms with van der Waals surface area (Å²) in [6.45, 7) is 12.2. The zero-order valence-corrected chi connectivity index (χ0v) is 23.3. The van der Waals surface area contributed by atoms with E-state index in [1.54, 1.807) is 23.5 Å². The number of hydrogen-bond donors (Lipinski definition) is 2. The van der Waals surface area contributed by atoms with E-state index in [2.05, 4.69) is 62.2 Å². The fourth-order valence-corrected chi connectivity index (χ4v) is 5.85. The highest BCUT2D eigenvalue weighted by molar-refractivity contribution is 7.07. The molecule has 3 rings (SSSR count). The minimum atomic E-state index is -0.0932. The Labute approximate surface area is 224 Å². The van der Waals surface area contributed by atoms with Gasteiger partial charge < -0.3 is 20.4 Å². The molecule has 0 spiro atoms. The molecule has 1 amide bonds. The average molecular weight is 529 g/mol. The molecule has 1 aliphatic rings. The summed E-state index contributed by atoms with van der Waals surface area (Å²) in [5.41, 5.74) is 3.38. The number of halogens is 1. The summed E-state index contributed by atoms with van der Waals surface area (Å²) in [7, 11) is 0. The molecule has 36 heavy (non-hydrogen) atoms. The molecule has 2 aromatic heterocycles. The number of piperidine rings is 1. The Hall–Kier alpha value is -2.60. The van der Waals surface area contributed by atoms with Gasteiger partial charge in [0.1, 0.15) is 11.0 Å². The van der Waals surface area contributed by atoms with Crippen molar-refractivity contribution in [1.82, 2.24) is 25.4 Å². The fourth-order valence-electron chi connectivity index (χ4n) is 4.90. The van der Waals surface area contributed by atoms with Crippen LogP contribution < -0.4 is 10.6 Å². The van der Waals surface area contributed by atoms with Gasteiger partial charge in [-0.1, -0.05) is 11.6 Å². The molecule has 1 saturated heterocycles. The van der Waals surface area contributed by atoms with Gasteiger partial charge >= 0.3 is 0 Å². The van der Waals surface area contributed by atoms with Gasteiger partial charge in [-0.05, 0) is 81.0 Å². The Morgan fingerprint density at radius 2 is 2.14 bits per heavy atom. The Kier molecular flexibility index (Phi) is 10.6. The van der Waals surface area contributed by atoms with Gasteiger partial charge in [-0.3, -0.25) is 4.79 Å². The average Bonchev–Trinajstić information content (AvgIpc) is 3.35. The second-order valence-electron chi connectivity index (χ2n) is 9.33. The fraction of sp³-hybridized carbons (Fsp3) is 0.519. The number of carbonyl (C=O) groups is 1. The van der Waals surface area contributed by atoms with Crippen LogP contribution in [0, 0.1) is 25.2 Å². The number of hydrogen-bond acceptors (Lipinski definition) is 7. The molecule has 1 aliphatic heterocycles. The van der Waals surface area contributed by atoms with Crippen LogP contribution >= 0.6 is 22.9 Å². The van der Waals surface area contributed by atoms with Crippen molar-refractivity contribution >= 4 is 28.8 Å². The Morgan fingerprint density at radius 1 is 1.39 bits per heavy atom. The Bertz CT molecular complexity index is 1050. The smallest absolute Gasteiger partial charge is 0.253 e. The third kappa shape index (κ3) is 7.45. The minimum absolute atomic E-state index is 0.0932. The second kappa shape index (κ2) is 13.6. The summed E-state index contributed by atoms with van der Waals surface area (Å²) < 4.78 is 0. The largest absolute Gasteiger partial charge is 0.371 e. The lowest BCUT2D eigenvalue weighted by molar-refractivity contribution is 0.0903. The van der Waals surface area contributed by atoms with Crippen LogP contribution in [0.25, 0.3) is 0 Å². The third-order valence-corrected chi connectivity index (χ3v) is 7.73. The van der Waals surface area contributed by atoms with Crippen molar-refractivity contribution in [2.45, 2.75) is 65.6 Å². The van der Waals surface area contributed by atoms with Gasteiger partial charge in [0.05, 0.1) is 23.4 Å². The third-order valence-electron chi connectivity index (χ3n) is 6.81. The highest BCUT2D eigenvalue weighted by atomic mass is 35.5. The predicted molar refractivity (Wildman–Crippen MR) is 147 cm³/mol. The SMILES string of the molecule is CCN/C(=C\C#N)N(Cc1ccsc1)C1CCN([C@H](C)CCNC(=O)c2c(C)cc(Cl)nc2C)CC1. The number of nitrogens with one attached hydrogen (secondary N) is 2. The highest BCUT2D eigenvalue weighted by Gasteiger charge is 2.28. The van der Waals surface area contributed by atoms with Crippen LogP contribution in [-0.2, 0) is 6.54 Å². The number of nitriles is 1. The molecule has 0 aliphatic carbocycles. The quantitative estimate of drug-likeness (QED) is 0.320. The normalized spacial score (nSPS) is 15.8. The van der Waals surface area contributed by atoms with Crippen LogP contribution in [0.3, 0.4) is 0 Å². The molecular formula is C27H37ClN6OS. The van der Waals surface area contributed by atoms with E-state index in [0.29, 0.717) is 35.0 Å². The van der Waals surface area contributed by atoms with Gasteiger partial charge in [0, 0.05) is 44.8 Å². The minimum Gasteiger partial charge on any atom is -0.371 e. The number of rotatable bonds is 11. The number of allylic oxidation sites excluding steroid dienone is 1. The van der Waals surface area contributed by atoms with E-state index >= 15 is 0 Å². The first-order chi connectivity index (χ1) is 17.3. The van der Waals surface area contributed by atoms with Crippen molar-refractivity contribution in [3.05, 3.63) is 62.3 Å². The molecule has 3 heterocycles. The number of aryl methyl sites for hydroxylation is 2. The van der Waals surface area contributed by atoms with E-state index < -0.39 is 0 Å². The lowest BCUT2D eigenvalue weighted by Gasteiger charge is -2.42. The van der Waals surface area contributed by atoms with Gasteiger partial charge in [-0.15, -0.1) is 0 Å². The summed E-state index contributed by atoms with van der Waals surface area (Å²) in [5.74, 6) is 0.812. The van der Waals surface area contributed by atoms with E-state index in [9.17, 15) is 10.1 Å². The predicted octanol–water partition coefficient (Wildman–Crippen LogP) is 4.86. The van der Waals surface area contributed by atoms with Gasteiger partial charge in [0.2, 0.25) is 0 Å². The number of carbonyl (C=O) groups excluding carboxylic acids is 1. The zero-order chi connectivity index (χ0) is 26.1. The summed E-state index contributed by atoms with van der Waals surface area (Å²) in [6.07, 6.45) is 4.58. The second-order valence-corrected chi connectivity index (χ2v) is 10.5. The monoisotopic (exact) mass is 528 g/mol. The van der Waals surface area contributed by atoms with Crippen LogP contribution in [0.1, 0.15) is 60.3 Å². The van der Waals surface area contributed by atoms with Crippen molar-refractivity contribution in [3.8, 4) is 6.07 Å². The molecule has 0 bridgehead atoms. The molecule has 2 N–H and O–H groups in total. The standard InChI is InChI=1S/C27H37ClN6OS/c1-5-30-25(6-11-29)34(17-22-10-15-36-18-22)23-8-13-33(14-9-23)20(3)7-12-31-27(35)26-19(2)16-24(28)32-21(26)4/h6,10,15-16,18,20,23,30H,5,7-9,12-14,17H2,1-4H3,(H,31,35)/b25-6+/t20-/m1/s1. The number of thiophene rings is 1. The lowest BCUT2D eigenvalue weighted by atomic mass is 10.00. The van der Waals surface area contributed by atoms with Crippen molar-refractivity contribution in [2.75, 3.05) is 26.2 Å². The maximum absolute atomic E-state index is 12.7. The van der Waals surface area contributed by atoms with Crippen LogP contribution in [0.15, 0.2) is 34.8 Å². The number of nitrogens with zero attached hydrogens (tertiary/aromatic N) is 4. The van der Waals surface area contributed by atoms with Crippen LogP contribution in [0.4, 0.5) is 0 Å². The van der Waals surface area contributed by atoms with E-state index in [-0.39, 0.29) is 5.91 Å². The van der Waals surface area contributed by atoms with Gasteiger partial charge in [0.15, 0.2) is 0 Å². The summed E-state index contributed by atoms with van der Waals surface area (Å²) in [4.78, 5) is 21.8. The molecule has 0 unspecified atom stereocenters. The van der Waals surface area contributed by atoms with Crippen LogP contribution in [0.5, 0.6) is 0 Å². The van der Waals surface area contributed by atoms with E-state index in [0.717, 1.165) is 56.8 Å². The topological polar surface area (TPSA) is 84.3 Å². The Morgan fingerprint density at radius 3 is 2.75 bits per heavy atom. The molecule has 0 radical (unpaired) electrons. The first-order valence-corrected chi connectivity index (χ1v) is 13.9. The van der Waals surface area contributed by atoms with E-state index in [1.165, 1.54) is 5.56 Å². The van der Waals surface area contributed by atoms with Crippen molar-refractivity contribution in [1.29, 1.82) is 5.26 Å². The maximum atomic E-state index is 12.7. The van der Waals surface area contributed by atoms with Gasteiger partial charge in [0.25, 0.3) is 5.91 Å². The van der Waals surface area contributed by atoms with Crippen LogP contribution in [0.2, 0.25) is 5.15 Å². The number of amides is 1. The molecule has 9 heteroatoms. The first-order valence-electron chi connectivity index (χ1n) is 12.6. The van der Waals surface area contributed by atoms with E-state index in [4.69, 9.17) is 11.6 Å². The zero-order valence-electron chi connectivity index (χ0n) is 21.7. The highest BCUT2D eigenvalue weighted by Crippen LogP contribution is 2.25. The summed E-state index contributed by atoms with van der Waals surface area (Å²) >= 11 is 7.70. The molecule has 1 fully saturated rings. The molecule has 7 nitrogen and oxygen atoms in total. The van der Waals surface area contributed by atoms with E-state index in [1.807, 2.05) is 13.8 Å². The summed E-state index contributed by atoms with van der Waals surface area (Å²) in [5, 5.41) is 20.5. The van der Waals surface area contributed by atoms with Gasteiger partial charge in [-0.25, -0.2) is 4.98 Å². The number of aromatic nitrogens is 1. The molecule has 0 aromatic carbocycles. The van der Waals surface area contributed by atoms with Crippen molar-refractivity contribution in [3.63, 3.8) is 0 Å². The molecule has 0 saturated carbocycles. The van der Waals surface area contributed by atoms with Crippen molar-refractivity contribution in [2.24, 2.45) is 0 Å². The number of pyridine rings is 1. The maximum Gasteiger partial charge on any atom is 0.253 e. The lowest BCUT2D eigenvalue weighted by Crippen LogP contribution is -2.49. The number of likely N-dealkylation sites (tertiary alicyclic amines) is 1. The van der Waals surface area contributed by atoms with Gasteiger partial charge in [-0.2, -0.15) is 16.6 Å². The molecule has 194 valence electrons. The van der Waals surface area contributed by atoms with Crippen molar-refractivity contribution < 1.29 is 4.79 Å².